The highest BCUT2D eigenvalue weighted by Gasteiger charge is 2.12. The van der Waals surface area contributed by atoms with Crippen molar-refractivity contribution in [3.63, 3.8) is 0 Å². The second kappa shape index (κ2) is 4.06. The molecular weight excluding hydrogens is 230 g/mol. The number of nitrogens with one attached hydrogen (secondary N) is 1. The van der Waals surface area contributed by atoms with E-state index in [9.17, 15) is 4.79 Å². The summed E-state index contributed by atoms with van der Waals surface area (Å²) in [4.78, 5) is 14.8. The summed E-state index contributed by atoms with van der Waals surface area (Å²) < 4.78 is 10.3. The highest BCUT2D eigenvalue weighted by atomic mass is 35.5. The van der Waals surface area contributed by atoms with Crippen LogP contribution in [-0.2, 0) is 0 Å². The van der Waals surface area contributed by atoms with Crippen molar-refractivity contribution in [3.05, 3.63) is 33.6 Å². The van der Waals surface area contributed by atoms with Gasteiger partial charge < -0.3 is 14.5 Å². The number of hydrogen-bond donors (Lipinski definition) is 1. The smallest absolute Gasteiger partial charge is 0.211 e. The largest absolute Gasteiger partial charge is 0.496 e. The van der Waals surface area contributed by atoms with E-state index >= 15 is 0 Å². The van der Waals surface area contributed by atoms with Crippen LogP contribution in [0.4, 0.5) is 0 Å². The lowest BCUT2D eigenvalue weighted by Crippen LogP contribution is -2.06. The van der Waals surface area contributed by atoms with E-state index in [2.05, 4.69) is 4.98 Å². The summed E-state index contributed by atoms with van der Waals surface area (Å²) in [5, 5.41) is 0.522. The fourth-order valence-electron chi connectivity index (χ4n) is 1.59. The molecule has 0 aliphatic heterocycles. The van der Waals surface area contributed by atoms with Gasteiger partial charge in [0.15, 0.2) is 0 Å². The van der Waals surface area contributed by atoms with E-state index < -0.39 is 0 Å². The molecule has 84 valence electrons. The van der Waals surface area contributed by atoms with Crippen LogP contribution in [0, 0.1) is 0 Å². The van der Waals surface area contributed by atoms with Crippen molar-refractivity contribution in [2.24, 2.45) is 0 Å². The second-order valence-corrected chi connectivity index (χ2v) is 3.59. The molecule has 0 aliphatic carbocycles. The van der Waals surface area contributed by atoms with Crippen molar-refractivity contribution in [1.29, 1.82) is 0 Å². The third kappa shape index (κ3) is 1.51. The Labute approximate surface area is 96.8 Å². The number of benzene rings is 1. The van der Waals surface area contributed by atoms with Gasteiger partial charge in [0.2, 0.25) is 5.43 Å². The molecule has 0 spiro atoms. The van der Waals surface area contributed by atoms with Gasteiger partial charge in [0.25, 0.3) is 0 Å². The number of H-pyrrole nitrogens is 1. The number of ether oxygens (including phenoxy) is 2. The SMILES string of the molecule is COc1ccc(OC)c2c(=O)c(Cl)c[nH]c12. The summed E-state index contributed by atoms with van der Waals surface area (Å²) in [6.07, 6.45) is 1.44. The van der Waals surface area contributed by atoms with Crippen LogP contribution in [0.25, 0.3) is 10.9 Å². The minimum atomic E-state index is -0.272. The molecule has 1 aromatic carbocycles. The van der Waals surface area contributed by atoms with Gasteiger partial charge in [-0.2, -0.15) is 0 Å². The first-order valence-electron chi connectivity index (χ1n) is 4.61. The first kappa shape index (κ1) is 10.8. The molecule has 0 aliphatic rings. The Bertz CT molecular complexity index is 592. The zero-order chi connectivity index (χ0) is 11.7. The number of hydrogen-bond acceptors (Lipinski definition) is 3. The molecule has 1 heterocycles. The molecule has 0 atom stereocenters. The molecule has 0 bridgehead atoms. The van der Waals surface area contributed by atoms with Gasteiger partial charge in [-0.05, 0) is 12.1 Å². The summed E-state index contributed by atoms with van der Waals surface area (Å²) in [5.41, 5.74) is 0.308. The third-order valence-electron chi connectivity index (χ3n) is 2.36. The average Bonchev–Trinajstić information content (AvgIpc) is 2.32. The maximum atomic E-state index is 11.9. The van der Waals surface area contributed by atoms with Gasteiger partial charge >= 0.3 is 0 Å². The van der Waals surface area contributed by atoms with Crippen LogP contribution in [0.15, 0.2) is 23.1 Å². The number of aromatic nitrogens is 1. The summed E-state index contributed by atoms with van der Waals surface area (Å²) in [6.45, 7) is 0. The fraction of sp³-hybridized carbons (Fsp3) is 0.182. The van der Waals surface area contributed by atoms with Crippen LogP contribution < -0.4 is 14.9 Å². The maximum absolute atomic E-state index is 11.9. The summed E-state index contributed by atoms with van der Waals surface area (Å²) in [7, 11) is 3.04. The summed E-state index contributed by atoms with van der Waals surface area (Å²) >= 11 is 5.77. The maximum Gasteiger partial charge on any atom is 0.211 e. The molecule has 1 N–H and O–H groups in total. The molecule has 0 unspecified atom stereocenters. The van der Waals surface area contributed by atoms with Crippen molar-refractivity contribution in [3.8, 4) is 11.5 Å². The fourth-order valence-corrected chi connectivity index (χ4v) is 1.74. The zero-order valence-electron chi connectivity index (χ0n) is 8.83. The molecule has 0 amide bonds. The first-order chi connectivity index (χ1) is 7.69. The number of rotatable bonds is 2. The average molecular weight is 240 g/mol. The molecule has 4 nitrogen and oxygen atoms in total. The highest BCUT2D eigenvalue weighted by Crippen LogP contribution is 2.29. The van der Waals surface area contributed by atoms with E-state index in [1.165, 1.54) is 20.4 Å². The normalized spacial score (nSPS) is 10.4. The number of methoxy groups -OCH3 is 2. The van der Waals surface area contributed by atoms with Gasteiger partial charge in [0.1, 0.15) is 16.5 Å². The van der Waals surface area contributed by atoms with Gasteiger partial charge in [-0.25, -0.2) is 0 Å². The Morgan fingerprint density at radius 2 is 1.81 bits per heavy atom. The van der Waals surface area contributed by atoms with Crippen LogP contribution in [-0.4, -0.2) is 19.2 Å². The van der Waals surface area contributed by atoms with Crippen LogP contribution in [0.3, 0.4) is 0 Å². The minimum absolute atomic E-state index is 0.124. The molecule has 2 rings (SSSR count). The van der Waals surface area contributed by atoms with Gasteiger partial charge in [-0.3, -0.25) is 4.79 Å². The molecule has 16 heavy (non-hydrogen) atoms. The van der Waals surface area contributed by atoms with Crippen molar-refractivity contribution in [1.82, 2.24) is 4.98 Å². The van der Waals surface area contributed by atoms with Crippen LogP contribution in [0.2, 0.25) is 5.02 Å². The topological polar surface area (TPSA) is 51.3 Å². The lowest BCUT2D eigenvalue weighted by Gasteiger charge is -2.08. The van der Waals surface area contributed by atoms with Crippen molar-refractivity contribution >= 4 is 22.5 Å². The monoisotopic (exact) mass is 239 g/mol. The molecule has 0 saturated heterocycles. The van der Waals surface area contributed by atoms with Gasteiger partial charge in [0, 0.05) is 6.20 Å². The molecule has 0 saturated carbocycles. The molecule has 1 aromatic heterocycles. The van der Waals surface area contributed by atoms with Crippen molar-refractivity contribution in [2.45, 2.75) is 0 Å². The van der Waals surface area contributed by atoms with Crippen LogP contribution in [0.1, 0.15) is 0 Å². The Kier molecular flexibility index (Phi) is 2.75. The molecule has 5 heteroatoms. The van der Waals surface area contributed by atoms with Gasteiger partial charge in [-0.1, -0.05) is 11.6 Å². The molecular formula is C11H10ClNO3. The second-order valence-electron chi connectivity index (χ2n) is 3.19. The van der Waals surface area contributed by atoms with E-state index in [0.717, 1.165) is 0 Å². The predicted molar refractivity (Wildman–Crippen MR) is 62.7 cm³/mol. The number of halogens is 1. The molecule has 2 aromatic rings. The van der Waals surface area contributed by atoms with E-state index in [0.29, 0.717) is 22.4 Å². The van der Waals surface area contributed by atoms with E-state index in [1.807, 2.05) is 0 Å². The van der Waals surface area contributed by atoms with Crippen molar-refractivity contribution < 1.29 is 9.47 Å². The summed E-state index contributed by atoms with van der Waals surface area (Å²) in [6, 6.07) is 3.40. The molecule has 0 fully saturated rings. The third-order valence-corrected chi connectivity index (χ3v) is 2.64. The van der Waals surface area contributed by atoms with Crippen LogP contribution in [0.5, 0.6) is 11.5 Å². The molecule has 0 radical (unpaired) electrons. The Balaban J connectivity index is 2.96. The Morgan fingerprint density at radius 1 is 1.19 bits per heavy atom. The first-order valence-corrected chi connectivity index (χ1v) is 4.98. The quantitative estimate of drug-likeness (QED) is 0.874. The predicted octanol–water partition coefficient (Wildman–Crippen LogP) is 2.20. The van der Waals surface area contributed by atoms with E-state index in [-0.39, 0.29) is 10.5 Å². The lowest BCUT2D eigenvalue weighted by atomic mass is 10.2. The lowest BCUT2D eigenvalue weighted by molar-refractivity contribution is 0.409. The number of pyridine rings is 1. The Morgan fingerprint density at radius 3 is 2.44 bits per heavy atom. The minimum Gasteiger partial charge on any atom is -0.496 e. The van der Waals surface area contributed by atoms with Crippen LogP contribution >= 0.6 is 11.6 Å². The Hall–Kier alpha value is -1.68. The standard InChI is InChI=1S/C11H10ClNO3/c1-15-7-3-4-8(16-2)10-9(7)11(14)6(12)5-13-10/h3-5H,1-2H3,(H,13,14). The number of fused-ring (bicyclic) bond motifs is 1. The number of aromatic amines is 1. The summed E-state index contributed by atoms with van der Waals surface area (Å²) in [5.74, 6) is 1.05. The van der Waals surface area contributed by atoms with Gasteiger partial charge in [0.05, 0.1) is 25.1 Å². The van der Waals surface area contributed by atoms with Crippen molar-refractivity contribution in [2.75, 3.05) is 14.2 Å². The van der Waals surface area contributed by atoms with Gasteiger partial charge in [-0.15, -0.1) is 0 Å². The highest BCUT2D eigenvalue weighted by molar-refractivity contribution is 6.31. The van der Waals surface area contributed by atoms with E-state index in [4.69, 9.17) is 21.1 Å². The zero-order valence-corrected chi connectivity index (χ0v) is 9.59. The van der Waals surface area contributed by atoms with E-state index in [1.54, 1.807) is 12.1 Å².